The van der Waals surface area contributed by atoms with E-state index in [1.54, 1.807) is 11.7 Å². The number of carbonyl (C=O) groups is 1. The lowest BCUT2D eigenvalue weighted by Gasteiger charge is -2.19. The fourth-order valence-corrected chi connectivity index (χ4v) is 1.58. The molecule has 1 N–H and O–H groups in total. The molecule has 0 radical (unpaired) electrons. The van der Waals surface area contributed by atoms with Crippen LogP contribution in [0, 0.1) is 0 Å². The lowest BCUT2D eigenvalue weighted by molar-refractivity contribution is -0.136. The molecular formula is C9H15N3O2. The number of hydrogen-bond acceptors (Lipinski definition) is 3. The molecular weight excluding hydrogens is 182 g/mol. The van der Waals surface area contributed by atoms with Crippen molar-refractivity contribution in [1.29, 1.82) is 0 Å². The molecule has 0 saturated heterocycles. The highest BCUT2D eigenvalue weighted by Crippen LogP contribution is 2.23. The summed E-state index contributed by atoms with van der Waals surface area (Å²) in [5, 5.41) is 16.4. The summed E-state index contributed by atoms with van der Waals surface area (Å²) in [7, 11) is 1.78. The van der Waals surface area contributed by atoms with Gasteiger partial charge in [0.2, 0.25) is 0 Å². The first-order chi connectivity index (χ1) is 6.32. The Kier molecular flexibility index (Phi) is 2.59. The second-order valence-electron chi connectivity index (χ2n) is 4.33. The Balaban J connectivity index is 3.13. The van der Waals surface area contributed by atoms with E-state index in [4.69, 9.17) is 5.11 Å². The fraction of sp³-hybridized carbons (Fsp3) is 0.667. The van der Waals surface area contributed by atoms with Crippen LogP contribution in [-0.4, -0.2) is 26.1 Å². The molecule has 0 aliphatic rings. The van der Waals surface area contributed by atoms with Crippen molar-refractivity contribution in [3.05, 3.63) is 11.4 Å². The maximum atomic E-state index is 10.6. The van der Waals surface area contributed by atoms with Crippen LogP contribution in [0.2, 0.25) is 0 Å². The molecule has 78 valence electrons. The van der Waals surface area contributed by atoms with Crippen molar-refractivity contribution in [2.45, 2.75) is 32.6 Å². The van der Waals surface area contributed by atoms with Gasteiger partial charge < -0.3 is 5.11 Å². The van der Waals surface area contributed by atoms with Crippen molar-refractivity contribution in [3.8, 4) is 0 Å². The summed E-state index contributed by atoms with van der Waals surface area (Å²) in [6.45, 7) is 6.03. The third-order valence-corrected chi connectivity index (χ3v) is 1.93. The molecule has 5 heteroatoms. The number of carboxylic acid groups (broad SMARTS) is 1. The molecule has 0 unspecified atom stereocenters. The Labute approximate surface area is 82.7 Å². The zero-order valence-electron chi connectivity index (χ0n) is 8.90. The highest BCUT2D eigenvalue weighted by atomic mass is 16.4. The first-order valence-electron chi connectivity index (χ1n) is 4.43. The molecule has 0 atom stereocenters. The predicted octanol–water partition coefficient (Wildman–Crippen LogP) is 0.740. The van der Waals surface area contributed by atoms with Crippen molar-refractivity contribution in [2.24, 2.45) is 7.05 Å². The monoisotopic (exact) mass is 197 g/mol. The molecule has 14 heavy (non-hydrogen) atoms. The third-order valence-electron chi connectivity index (χ3n) is 1.93. The highest BCUT2D eigenvalue weighted by Gasteiger charge is 2.24. The van der Waals surface area contributed by atoms with E-state index >= 15 is 0 Å². The van der Waals surface area contributed by atoms with Crippen molar-refractivity contribution >= 4 is 5.97 Å². The second kappa shape index (κ2) is 3.40. The van der Waals surface area contributed by atoms with E-state index in [1.165, 1.54) is 0 Å². The zero-order valence-corrected chi connectivity index (χ0v) is 8.90. The molecule has 0 amide bonds. The van der Waals surface area contributed by atoms with Crippen LogP contribution in [-0.2, 0) is 23.7 Å². The van der Waals surface area contributed by atoms with Gasteiger partial charge in [0.15, 0.2) is 0 Å². The summed E-state index contributed by atoms with van der Waals surface area (Å²) >= 11 is 0. The van der Waals surface area contributed by atoms with E-state index in [-0.39, 0.29) is 11.8 Å². The molecule has 1 heterocycles. The fourth-order valence-electron chi connectivity index (χ4n) is 1.58. The average Bonchev–Trinajstić information content (AvgIpc) is 2.28. The van der Waals surface area contributed by atoms with E-state index in [1.807, 2.05) is 20.8 Å². The summed E-state index contributed by atoms with van der Waals surface area (Å²) in [4.78, 5) is 10.6. The number of nitrogens with zero attached hydrogens (tertiary/aromatic N) is 3. The minimum Gasteiger partial charge on any atom is -0.481 e. The second-order valence-corrected chi connectivity index (χ2v) is 4.33. The van der Waals surface area contributed by atoms with Gasteiger partial charge in [0.05, 0.1) is 17.8 Å². The molecule has 0 aliphatic heterocycles. The number of rotatable bonds is 2. The normalized spacial score (nSPS) is 11.7. The maximum Gasteiger partial charge on any atom is 0.309 e. The van der Waals surface area contributed by atoms with Gasteiger partial charge in [-0.25, -0.2) is 0 Å². The Morgan fingerprint density at radius 2 is 2.07 bits per heavy atom. The van der Waals surface area contributed by atoms with Gasteiger partial charge in [-0.05, 0) is 0 Å². The molecule has 0 aliphatic carbocycles. The lowest BCUT2D eigenvalue weighted by atomic mass is 9.90. The topological polar surface area (TPSA) is 68.0 Å². The SMILES string of the molecule is Cn1nnc(CC(=O)O)c1C(C)(C)C. The van der Waals surface area contributed by atoms with Gasteiger partial charge in [0.1, 0.15) is 0 Å². The van der Waals surface area contributed by atoms with Crippen molar-refractivity contribution in [2.75, 3.05) is 0 Å². The van der Waals surface area contributed by atoms with Crippen LogP contribution in [0.4, 0.5) is 0 Å². The summed E-state index contributed by atoms with van der Waals surface area (Å²) in [5.41, 5.74) is 1.29. The van der Waals surface area contributed by atoms with E-state index in [2.05, 4.69) is 10.3 Å². The average molecular weight is 197 g/mol. The van der Waals surface area contributed by atoms with Gasteiger partial charge in [-0.15, -0.1) is 5.10 Å². The van der Waals surface area contributed by atoms with Gasteiger partial charge in [-0.3, -0.25) is 9.48 Å². The van der Waals surface area contributed by atoms with Crippen molar-refractivity contribution < 1.29 is 9.90 Å². The molecule has 1 aromatic rings. The number of aliphatic carboxylic acids is 1. The molecule has 0 bridgehead atoms. The molecule has 0 saturated carbocycles. The Hall–Kier alpha value is -1.39. The highest BCUT2D eigenvalue weighted by molar-refractivity contribution is 5.69. The summed E-state index contributed by atoms with van der Waals surface area (Å²) in [6, 6.07) is 0. The molecule has 0 aromatic carbocycles. The summed E-state index contributed by atoms with van der Waals surface area (Å²) in [6.07, 6.45) is -0.0690. The Morgan fingerprint density at radius 1 is 1.50 bits per heavy atom. The standard InChI is InChI=1S/C9H15N3O2/c1-9(2,3)8-6(5-7(13)14)10-11-12(8)4/h5H2,1-4H3,(H,13,14). The molecule has 5 nitrogen and oxygen atoms in total. The predicted molar refractivity (Wildman–Crippen MR) is 51.0 cm³/mol. The zero-order chi connectivity index (χ0) is 10.9. The van der Waals surface area contributed by atoms with Gasteiger partial charge in [0, 0.05) is 12.5 Å². The van der Waals surface area contributed by atoms with Gasteiger partial charge >= 0.3 is 5.97 Å². The number of aromatic nitrogens is 3. The van der Waals surface area contributed by atoms with E-state index in [0.717, 1.165) is 5.69 Å². The minimum atomic E-state index is -0.879. The molecule has 1 rings (SSSR count). The van der Waals surface area contributed by atoms with E-state index < -0.39 is 5.97 Å². The van der Waals surface area contributed by atoms with Crippen LogP contribution < -0.4 is 0 Å². The Bertz CT molecular complexity index is 349. The van der Waals surface area contributed by atoms with Crippen LogP contribution in [0.1, 0.15) is 32.2 Å². The third kappa shape index (κ3) is 2.10. The molecule has 0 spiro atoms. The van der Waals surface area contributed by atoms with Gasteiger partial charge in [0.25, 0.3) is 0 Å². The minimum absolute atomic E-state index is 0.0690. The van der Waals surface area contributed by atoms with E-state index in [0.29, 0.717) is 5.69 Å². The van der Waals surface area contributed by atoms with Crippen molar-refractivity contribution in [1.82, 2.24) is 15.0 Å². The lowest BCUT2D eigenvalue weighted by Crippen LogP contribution is -2.19. The van der Waals surface area contributed by atoms with Crippen LogP contribution in [0.3, 0.4) is 0 Å². The summed E-state index contributed by atoms with van der Waals surface area (Å²) < 4.78 is 1.64. The van der Waals surface area contributed by atoms with Crippen LogP contribution in [0.25, 0.3) is 0 Å². The first kappa shape index (κ1) is 10.7. The summed E-state index contributed by atoms with van der Waals surface area (Å²) in [5.74, 6) is -0.879. The smallest absolute Gasteiger partial charge is 0.309 e. The Morgan fingerprint density at radius 3 is 2.50 bits per heavy atom. The van der Waals surface area contributed by atoms with Gasteiger partial charge in [-0.2, -0.15) is 0 Å². The van der Waals surface area contributed by atoms with Gasteiger partial charge in [-0.1, -0.05) is 26.0 Å². The van der Waals surface area contributed by atoms with E-state index in [9.17, 15) is 4.79 Å². The maximum absolute atomic E-state index is 10.6. The largest absolute Gasteiger partial charge is 0.481 e. The first-order valence-corrected chi connectivity index (χ1v) is 4.43. The van der Waals surface area contributed by atoms with Crippen LogP contribution in [0.15, 0.2) is 0 Å². The number of aryl methyl sites for hydroxylation is 1. The number of carboxylic acids is 1. The molecule has 0 fully saturated rings. The quantitative estimate of drug-likeness (QED) is 0.759. The van der Waals surface area contributed by atoms with Crippen LogP contribution in [0.5, 0.6) is 0 Å². The number of hydrogen-bond donors (Lipinski definition) is 1. The molecule has 1 aromatic heterocycles. The van der Waals surface area contributed by atoms with Crippen molar-refractivity contribution in [3.63, 3.8) is 0 Å². The van der Waals surface area contributed by atoms with Crippen LogP contribution >= 0.6 is 0 Å².